The van der Waals surface area contributed by atoms with Crippen molar-refractivity contribution >= 4 is 11.3 Å². The van der Waals surface area contributed by atoms with E-state index in [2.05, 4.69) is 41.0 Å². The molecule has 1 unspecified atom stereocenters. The number of nitrogens with one attached hydrogen (secondary N) is 1. The molecule has 1 fully saturated rings. The Morgan fingerprint density at radius 1 is 1.35 bits per heavy atom. The molecule has 0 aliphatic carbocycles. The van der Waals surface area contributed by atoms with Crippen molar-refractivity contribution in [1.82, 2.24) is 10.3 Å². The van der Waals surface area contributed by atoms with Crippen LogP contribution >= 0.6 is 11.3 Å². The largest absolute Gasteiger partial charge is 0.296 e. The molecule has 4 heteroatoms. The maximum Gasteiger partial charge on any atom is 0.0646 e. The van der Waals surface area contributed by atoms with E-state index in [1.54, 1.807) is 11.3 Å². The smallest absolute Gasteiger partial charge is 0.0646 e. The molecule has 0 spiro atoms. The highest BCUT2D eigenvalue weighted by atomic mass is 32.1. The van der Waals surface area contributed by atoms with E-state index in [4.69, 9.17) is 5.84 Å². The summed E-state index contributed by atoms with van der Waals surface area (Å²) in [5.74, 6) is 5.78. The number of hydrazine groups is 1. The fourth-order valence-corrected chi connectivity index (χ4v) is 3.49. The average Bonchev–Trinajstić information content (AvgIpc) is 2.84. The molecule has 0 amide bonds. The normalized spacial score (nSPS) is 20.4. The van der Waals surface area contributed by atoms with Gasteiger partial charge in [0.2, 0.25) is 0 Å². The molecular formula is C13H23N3S. The van der Waals surface area contributed by atoms with Crippen LogP contribution in [0, 0.1) is 0 Å². The summed E-state index contributed by atoms with van der Waals surface area (Å²) in [6, 6.07) is 2.37. The van der Waals surface area contributed by atoms with Gasteiger partial charge in [0.15, 0.2) is 0 Å². The van der Waals surface area contributed by atoms with Gasteiger partial charge in [0.05, 0.1) is 6.04 Å². The van der Waals surface area contributed by atoms with E-state index in [0.717, 1.165) is 0 Å². The van der Waals surface area contributed by atoms with E-state index in [9.17, 15) is 0 Å². The lowest BCUT2D eigenvalue weighted by Gasteiger charge is -2.45. The van der Waals surface area contributed by atoms with Crippen molar-refractivity contribution < 1.29 is 0 Å². The van der Waals surface area contributed by atoms with Crippen LogP contribution < -0.4 is 11.3 Å². The van der Waals surface area contributed by atoms with E-state index in [0.29, 0.717) is 0 Å². The Morgan fingerprint density at radius 2 is 2.06 bits per heavy atom. The van der Waals surface area contributed by atoms with Crippen LogP contribution in [0.3, 0.4) is 0 Å². The number of nitrogens with two attached hydrogens (primary N) is 1. The monoisotopic (exact) mass is 253 g/mol. The van der Waals surface area contributed by atoms with Gasteiger partial charge in [-0.2, -0.15) is 11.3 Å². The molecule has 1 aliphatic heterocycles. The summed E-state index contributed by atoms with van der Waals surface area (Å²) in [4.78, 5) is 2.57. The van der Waals surface area contributed by atoms with E-state index in [1.807, 2.05) is 0 Å². The van der Waals surface area contributed by atoms with Gasteiger partial charge in [0, 0.05) is 5.54 Å². The number of thiophene rings is 1. The van der Waals surface area contributed by atoms with Gasteiger partial charge >= 0.3 is 0 Å². The first kappa shape index (κ1) is 13.0. The zero-order valence-electron chi connectivity index (χ0n) is 10.8. The second-order valence-corrected chi connectivity index (χ2v) is 6.14. The van der Waals surface area contributed by atoms with Crippen LogP contribution in [0.4, 0.5) is 0 Å². The van der Waals surface area contributed by atoms with Crippen LogP contribution in [0.1, 0.15) is 44.7 Å². The Hall–Kier alpha value is -0.420. The molecule has 0 saturated carbocycles. The molecule has 3 N–H and O–H groups in total. The molecule has 1 aromatic rings. The van der Waals surface area contributed by atoms with Gasteiger partial charge in [-0.3, -0.25) is 16.2 Å². The Morgan fingerprint density at radius 3 is 2.59 bits per heavy atom. The van der Waals surface area contributed by atoms with Crippen molar-refractivity contribution in [3.8, 4) is 0 Å². The van der Waals surface area contributed by atoms with E-state index in [1.165, 1.54) is 37.9 Å². The van der Waals surface area contributed by atoms with Gasteiger partial charge in [-0.25, -0.2) is 0 Å². The fourth-order valence-electron chi connectivity index (χ4n) is 2.80. The van der Waals surface area contributed by atoms with Crippen molar-refractivity contribution in [1.29, 1.82) is 0 Å². The molecule has 0 bridgehead atoms. The van der Waals surface area contributed by atoms with Gasteiger partial charge in [-0.1, -0.05) is 6.42 Å². The van der Waals surface area contributed by atoms with Gasteiger partial charge in [-0.05, 0) is 62.2 Å². The van der Waals surface area contributed by atoms with Crippen LogP contribution in [0.5, 0.6) is 0 Å². The number of piperidine rings is 1. The van der Waals surface area contributed by atoms with Crippen molar-refractivity contribution in [2.24, 2.45) is 5.84 Å². The van der Waals surface area contributed by atoms with Crippen LogP contribution in [0.2, 0.25) is 0 Å². The summed E-state index contributed by atoms with van der Waals surface area (Å²) < 4.78 is 0. The number of nitrogens with zero attached hydrogens (tertiary/aromatic N) is 1. The number of hydrogen-bond donors (Lipinski definition) is 2. The van der Waals surface area contributed by atoms with Crippen LogP contribution in [0.25, 0.3) is 0 Å². The summed E-state index contributed by atoms with van der Waals surface area (Å²) >= 11 is 1.73. The molecule has 3 nitrogen and oxygen atoms in total. The molecule has 0 radical (unpaired) electrons. The topological polar surface area (TPSA) is 41.3 Å². The lowest BCUT2D eigenvalue weighted by molar-refractivity contribution is 0.0609. The van der Waals surface area contributed by atoms with Gasteiger partial charge in [0.25, 0.3) is 0 Å². The standard InChI is InChI=1S/C13H23N3S/c1-13(2,16-7-4-3-5-8-16)12(15-14)11-6-9-17-10-11/h6,9-10,12,15H,3-5,7-8,14H2,1-2H3. The third-order valence-electron chi connectivity index (χ3n) is 3.92. The molecule has 17 heavy (non-hydrogen) atoms. The Labute approximate surface area is 108 Å². The van der Waals surface area contributed by atoms with Gasteiger partial charge < -0.3 is 0 Å². The van der Waals surface area contributed by atoms with Crippen LogP contribution in [0.15, 0.2) is 16.8 Å². The number of rotatable bonds is 4. The highest BCUT2D eigenvalue weighted by Gasteiger charge is 2.36. The quantitative estimate of drug-likeness (QED) is 0.640. The Bertz CT molecular complexity index is 328. The molecule has 2 heterocycles. The summed E-state index contributed by atoms with van der Waals surface area (Å²) in [5.41, 5.74) is 4.37. The van der Waals surface area contributed by atoms with Crippen molar-refractivity contribution in [2.75, 3.05) is 13.1 Å². The van der Waals surface area contributed by atoms with E-state index < -0.39 is 0 Å². The van der Waals surface area contributed by atoms with Crippen molar-refractivity contribution in [2.45, 2.75) is 44.7 Å². The van der Waals surface area contributed by atoms with Gasteiger partial charge in [-0.15, -0.1) is 0 Å². The summed E-state index contributed by atoms with van der Waals surface area (Å²) in [6.45, 7) is 6.96. The second kappa shape index (κ2) is 5.48. The summed E-state index contributed by atoms with van der Waals surface area (Å²) in [7, 11) is 0. The first-order valence-electron chi connectivity index (χ1n) is 6.39. The van der Waals surface area contributed by atoms with Crippen molar-refractivity contribution in [3.05, 3.63) is 22.4 Å². The average molecular weight is 253 g/mol. The number of hydrogen-bond acceptors (Lipinski definition) is 4. The zero-order chi connectivity index (χ0) is 12.3. The predicted octanol–water partition coefficient (Wildman–Crippen LogP) is 2.52. The van der Waals surface area contributed by atoms with E-state index in [-0.39, 0.29) is 11.6 Å². The Kier molecular flexibility index (Phi) is 4.20. The maximum atomic E-state index is 5.78. The minimum atomic E-state index is 0.0657. The third kappa shape index (κ3) is 2.71. The molecule has 0 aromatic carbocycles. The van der Waals surface area contributed by atoms with Crippen molar-refractivity contribution in [3.63, 3.8) is 0 Å². The zero-order valence-corrected chi connectivity index (χ0v) is 11.6. The van der Waals surface area contributed by atoms with E-state index >= 15 is 0 Å². The van der Waals surface area contributed by atoms with Gasteiger partial charge in [0.1, 0.15) is 0 Å². The Balaban J connectivity index is 2.16. The lowest BCUT2D eigenvalue weighted by atomic mass is 9.87. The highest BCUT2D eigenvalue weighted by Crippen LogP contribution is 2.33. The molecule has 1 atom stereocenters. The molecule has 2 rings (SSSR count). The second-order valence-electron chi connectivity index (χ2n) is 5.36. The highest BCUT2D eigenvalue weighted by molar-refractivity contribution is 7.07. The van der Waals surface area contributed by atoms with Crippen LogP contribution in [-0.2, 0) is 0 Å². The third-order valence-corrected chi connectivity index (χ3v) is 4.62. The van der Waals surface area contributed by atoms with Crippen LogP contribution in [-0.4, -0.2) is 23.5 Å². The molecule has 1 aliphatic rings. The lowest BCUT2D eigenvalue weighted by Crippen LogP contribution is -2.55. The molecule has 96 valence electrons. The number of likely N-dealkylation sites (tertiary alicyclic amines) is 1. The minimum absolute atomic E-state index is 0.0657. The fraction of sp³-hybridized carbons (Fsp3) is 0.692. The minimum Gasteiger partial charge on any atom is -0.296 e. The first-order valence-corrected chi connectivity index (χ1v) is 7.34. The first-order chi connectivity index (χ1) is 8.16. The molecule has 1 aromatic heterocycles. The molecular weight excluding hydrogens is 230 g/mol. The summed E-state index contributed by atoms with van der Waals surface area (Å²) in [5, 5.41) is 4.31. The SMILES string of the molecule is CC(C)(C(NN)c1ccsc1)N1CCCCC1. The maximum absolute atomic E-state index is 5.78. The molecule has 1 saturated heterocycles. The summed E-state index contributed by atoms with van der Waals surface area (Å²) in [6.07, 6.45) is 3.99. The predicted molar refractivity (Wildman–Crippen MR) is 73.9 cm³/mol.